The van der Waals surface area contributed by atoms with Crippen LogP contribution in [-0.2, 0) is 0 Å². The fraction of sp³-hybridized carbons (Fsp3) is 0.267. The van der Waals surface area contributed by atoms with E-state index in [1.165, 1.54) is 10.4 Å². The van der Waals surface area contributed by atoms with E-state index >= 15 is 0 Å². The van der Waals surface area contributed by atoms with Crippen LogP contribution in [-0.4, -0.2) is 16.9 Å². The van der Waals surface area contributed by atoms with Crippen molar-refractivity contribution in [3.05, 3.63) is 50.6 Å². The highest BCUT2D eigenvalue weighted by Gasteiger charge is 2.38. The van der Waals surface area contributed by atoms with Gasteiger partial charge in [0.2, 0.25) is 0 Å². The Morgan fingerprint density at radius 1 is 1.40 bits per heavy atom. The summed E-state index contributed by atoms with van der Waals surface area (Å²) < 4.78 is 7.05. The van der Waals surface area contributed by atoms with E-state index < -0.39 is 0 Å². The first-order chi connectivity index (χ1) is 9.72. The Bertz CT molecular complexity index is 683. The molecule has 3 nitrogen and oxygen atoms in total. The smallest absolute Gasteiger partial charge is 0.185 e. The normalized spacial score (nSPS) is 23.9. The van der Waals surface area contributed by atoms with Crippen LogP contribution in [0.1, 0.15) is 29.8 Å². The molecule has 0 spiro atoms. The minimum atomic E-state index is -0.0221. The SMILES string of the molecule is CC1Oc2ccc(Br)cc2C2CC(c3cccs3)=NN12. The molecule has 2 unspecified atom stereocenters. The molecule has 4 rings (SSSR count). The first-order valence-corrected chi connectivity index (χ1v) is 8.25. The van der Waals surface area contributed by atoms with Crippen LogP contribution in [0.5, 0.6) is 5.75 Å². The van der Waals surface area contributed by atoms with Gasteiger partial charge in [-0.2, -0.15) is 5.10 Å². The summed E-state index contributed by atoms with van der Waals surface area (Å²) in [7, 11) is 0. The monoisotopic (exact) mass is 348 g/mol. The summed E-state index contributed by atoms with van der Waals surface area (Å²) >= 11 is 5.29. The zero-order valence-electron chi connectivity index (χ0n) is 10.9. The molecule has 102 valence electrons. The number of hydrazone groups is 1. The van der Waals surface area contributed by atoms with Crippen molar-refractivity contribution in [2.24, 2.45) is 5.10 Å². The number of nitrogens with zero attached hydrogens (tertiary/aromatic N) is 2. The molecule has 0 aliphatic carbocycles. The molecule has 2 aliphatic rings. The van der Waals surface area contributed by atoms with Crippen molar-refractivity contribution in [2.75, 3.05) is 0 Å². The van der Waals surface area contributed by atoms with Gasteiger partial charge in [-0.05, 0) is 36.6 Å². The predicted octanol–water partition coefficient (Wildman–Crippen LogP) is 4.40. The molecule has 0 N–H and O–H groups in total. The molecule has 5 heteroatoms. The molecule has 0 saturated heterocycles. The quantitative estimate of drug-likeness (QED) is 0.762. The van der Waals surface area contributed by atoms with Crippen LogP contribution in [0.4, 0.5) is 0 Å². The number of hydrogen-bond donors (Lipinski definition) is 0. The van der Waals surface area contributed by atoms with Crippen molar-refractivity contribution in [2.45, 2.75) is 25.6 Å². The second kappa shape index (κ2) is 4.60. The Balaban J connectivity index is 1.76. The number of ether oxygens (including phenoxy) is 1. The topological polar surface area (TPSA) is 24.8 Å². The Labute approximate surface area is 130 Å². The van der Waals surface area contributed by atoms with Crippen LogP contribution in [0.3, 0.4) is 0 Å². The standard InChI is InChI=1S/C15H13BrN2OS/c1-9-18-13(8-12(17-18)15-3-2-6-20-15)11-7-10(16)4-5-14(11)19-9/h2-7,9,13H,8H2,1H3. The fourth-order valence-electron chi connectivity index (χ4n) is 2.83. The molecule has 20 heavy (non-hydrogen) atoms. The lowest BCUT2D eigenvalue weighted by Gasteiger charge is -2.36. The van der Waals surface area contributed by atoms with E-state index in [-0.39, 0.29) is 12.3 Å². The number of fused-ring (bicyclic) bond motifs is 3. The molecule has 1 aromatic heterocycles. The predicted molar refractivity (Wildman–Crippen MR) is 84.3 cm³/mol. The lowest BCUT2D eigenvalue weighted by molar-refractivity contribution is -0.00339. The van der Waals surface area contributed by atoms with Gasteiger partial charge in [0.05, 0.1) is 16.6 Å². The van der Waals surface area contributed by atoms with Crippen LogP contribution >= 0.6 is 27.3 Å². The average molecular weight is 349 g/mol. The summed E-state index contributed by atoms with van der Waals surface area (Å²) in [4.78, 5) is 1.25. The van der Waals surface area contributed by atoms with Gasteiger partial charge >= 0.3 is 0 Å². The minimum absolute atomic E-state index is 0.0221. The Kier molecular flexibility index (Phi) is 2.86. The molecule has 0 saturated carbocycles. The van der Waals surface area contributed by atoms with Gasteiger partial charge in [0, 0.05) is 16.5 Å². The largest absolute Gasteiger partial charge is 0.469 e. The summed E-state index contributed by atoms with van der Waals surface area (Å²) in [6.07, 6.45) is 0.920. The lowest BCUT2D eigenvalue weighted by atomic mass is 9.99. The van der Waals surface area contributed by atoms with Gasteiger partial charge in [0.1, 0.15) is 5.75 Å². The highest BCUT2D eigenvalue weighted by molar-refractivity contribution is 9.10. The fourth-order valence-corrected chi connectivity index (χ4v) is 3.93. The van der Waals surface area contributed by atoms with Crippen molar-refractivity contribution in [3.8, 4) is 5.75 Å². The number of hydrogen-bond acceptors (Lipinski definition) is 4. The summed E-state index contributed by atoms with van der Waals surface area (Å²) in [5.74, 6) is 0.976. The Morgan fingerprint density at radius 2 is 2.30 bits per heavy atom. The third-order valence-corrected chi connectivity index (χ3v) is 5.16. The number of benzene rings is 1. The van der Waals surface area contributed by atoms with Crippen molar-refractivity contribution in [1.82, 2.24) is 5.01 Å². The van der Waals surface area contributed by atoms with E-state index in [1.807, 2.05) is 12.1 Å². The van der Waals surface area contributed by atoms with E-state index in [9.17, 15) is 0 Å². The third-order valence-electron chi connectivity index (χ3n) is 3.75. The first kappa shape index (κ1) is 12.4. The van der Waals surface area contributed by atoms with Crippen LogP contribution in [0.15, 0.2) is 45.3 Å². The molecule has 2 atom stereocenters. The first-order valence-electron chi connectivity index (χ1n) is 6.58. The molecule has 3 heterocycles. The molecule has 2 aliphatic heterocycles. The van der Waals surface area contributed by atoms with Crippen molar-refractivity contribution < 1.29 is 4.74 Å². The van der Waals surface area contributed by atoms with Gasteiger partial charge in [-0.25, -0.2) is 0 Å². The minimum Gasteiger partial charge on any atom is -0.469 e. The van der Waals surface area contributed by atoms with Crippen LogP contribution in [0.25, 0.3) is 0 Å². The van der Waals surface area contributed by atoms with Gasteiger partial charge in [-0.15, -0.1) is 11.3 Å². The van der Waals surface area contributed by atoms with Crippen molar-refractivity contribution in [3.63, 3.8) is 0 Å². The summed E-state index contributed by atoms with van der Waals surface area (Å²) in [5.41, 5.74) is 2.38. The maximum absolute atomic E-state index is 5.97. The van der Waals surface area contributed by atoms with Gasteiger partial charge in [0.25, 0.3) is 0 Å². The maximum atomic E-state index is 5.97. The zero-order valence-corrected chi connectivity index (χ0v) is 13.3. The zero-order chi connectivity index (χ0) is 13.7. The average Bonchev–Trinajstić information content (AvgIpc) is 3.08. The van der Waals surface area contributed by atoms with Gasteiger partial charge in [-0.3, -0.25) is 5.01 Å². The second-order valence-electron chi connectivity index (χ2n) is 5.02. The third kappa shape index (κ3) is 1.88. The highest BCUT2D eigenvalue weighted by Crippen LogP contribution is 2.44. The number of rotatable bonds is 1. The van der Waals surface area contributed by atoms with Crippen molar-refractivity contribution >= 4 is 33.0 Å². The molecular weight excluding hydrogens is 336 g/mol. The summed E-state index contributed by atoms with van der Waals surface area (Å²) in [5, 5.41) is 8.97. The van der Waals surface area contributed by atoms with E-state index in [2.05, 4.69) is 51.4 Å². The van der Waals surface area contributed by atoms with E-state index in [0.717, 1.165) is 22.4 Å². The molecule has 0 radical (unpaired) electrons. The molecule has 0 bridgehead atoms. The highest BCUT2D eigenvalue weighted by atomic mass is 79.9. The van der Waals surface area contributed by atoms with Crippen molar-refractivity contribution in [1.29, 1.82) is 0 Å². The summed E-state index contributed by atoms with van der Waals surface area (Å²) in [6.45, 7) is 2.05. The molecule has 2 aromatic rings. The number of halogens is 1. The van der Waals surface area contributed by atoms with Gasteiger partial charge in [0.15, 0.2) is 6.23 Å². The molecular formula is C15H13BrN2OS. The van der Waals surface area contributed by atoms with E-state index in [0.29, 0.717) is 0 Å². The molecule has 0 fully saturated rings. The van der Waals surface area contributed by atoms with E-state index in [4.69, 9.17) is 9.84 Å². The maximum Gasteiger partial charge on any atom is 0.185 e. The van der Waals surface area contributed by atoms with Crippen LogP contribution in [0, 0.1) is 0 Å². The van der Waals surface area contributed by atoms with Crippen LogP contribution in [0.2, 0.25) is 0 Å². The Morgan fingerprint density at radius 3 is 3.10 bits per heavy atom. The van der Waals surface area contributed by atoms with Gasteiger partial charge < -0.3 is 4.74 Å². The molecule has 0 amide bonds. The summed E-state index contributed by atoms with van der Waals surface area (Å²) in [6, 6.07) is 10.7. The number of thiophene rings is 1. The van der Waals surface area contributed by atoms with E-state index in [1.54, 1.807) is 11.3 Å². The van der Waals surface area contributed by atoms with Gasteiger partial charge in [-0.1, -0.05) is 22.0 Å². The van der Waals surface area contributed by atoms with Crippen LogP contribution < -0.4 is 4.74 Å². The lowest BCUT2D eigenvalue weighted by Crippen LogP contribution is -2.37. The molecule has 1 aromatic carbocycles. The second-order valence-corrected chi connectivity index (χ2v) is 6.89. The Hall–Kier alpha value is -1.33.